The van der Waals surface area contributed by atoms with Crippen LogP contribution in [0.3, 0.4) is 0 Å². The van der Waals surface area contributed by atoms with E-state index in [9.17, 15) is 14.9 Å². The molecule has 0 bridgehead atoms. The minimum Gasteiger partial charge on any atom is -0.319 e. The average Bonchev–Trinajstić information content (AvgIpc) is 3.22. The van der Waals surface area contributed by atoms with Crippen molar-refractivity contribution >= 4 is 56.4 Å². The van der Waals surface area contributed by atoms with Crippen molar-refractivity contribution in [1.82, 2.24) is 14.8 Å². The number of nitro benzene ring substituents is 1. The maximum atomic E-state index is 12.8. The third kappa shape index (κ3) is 4.64. The second-order valence-corrected chi connectivity index (χ2v) is 8.27. The number of hydrogen-bond donors (Lipinski definition) is 1. The van der Waals surface area contributed by atoms with Crippen LogP contribution in [0.25, 0.3) is 17.1 Å². The zero-order chi connectivity index (χ0) is 22.8. The highest BCUT2D eigenvalue weighted by atomic mass is 79.9. The second kappa shape index (κ2) is 9.07. The maximum absolute atomic E-state index is 12.8. The maximum Gasteiger partial charge on any atom is 0.295 e. The van der Waals surface area contributed by atoms with Crippen LogP contribution < -0.4 is 5.32 Å². The van der Waals surface area contributed by atoms with Gasteiger partial charge in [0.15, 0.2) is 5.82 Å². The van der Waals surface area contributed by atoms with Crippen LogP contribution in [0.4, 0.5) is 11.4 Å². The van der Waals surface area contributed by atoms with E-state index in [1.54, 1.807) is 18.2 Å². The number of carbonyl (C=O) groups is 1. The highest BCUT2D eigenvalue weighted by molar-refractivity contribution is 9.10. The predicted molar refractivity (Wildman–Crippen MR) is 126 cm³/mol. The van der Waals surface area contributed by atoms with Crippen molar-refractivity contribution in [3.8, 4) is 17.1 Å². The lowest BCUT2D eigenvalue weighted by atomic mass is 10.2. The Hall–Kier alpha value is -3.27. The van der Waals surface area contributed by atoms with Gasteiger partial charge in [0.2, 0.25) is 5.82 Å². The van der Waals surface area contributed by atoms with Gasteiger partial charge in [-0.1, -0.05) is 57.3 Å². The van der Waals surface area contributed by atoms with Crippen LogP contribution in [-0.2, 0) is 0 Å². The van der Waals surface area contributed by atoms with Gasteiger partial charge in [0, 0.05) is 27.9 Å². The van der Waals surface area contributed by atoms with E-state index >= 15 is 0 Å². The van der Waals surface area contributed by atoms with Crippen LogP contribution in [0.5, 0.6) is 0 Å². The van der Waals surface area contributed by atoms with Crippen molar-refractivity contribution in [2.24, 2.45) is 0 Å². The molecule has 0 aliphatic carbocycles. The normalized spacial score (nSPS) is 10.7. The van der Waals surface area contributed by atoms with Gasteiger partial charge in [-0.05, 0) is 36.4 Å². The number of aromatic nitrogens is 3. The van der Waals surface area contributed by atoms with Crippen molar-refractivity contribution in [3.63, 3.8) is 0 Å². The Bertz CT molecular complexity index is 1340. The van der Waals surface area contributed by atoms with E-state index in [0.717, 1.165) is 4.47 Å². The Morgan fingerprint density at radius 3 is 2.47 bits per heavy atom. The number of benzene rings is 3. The molecule has 0 fully saturated rings. The number of rotatable bonds is 5. The van der Waals surface area contributed by atoms with Gasteiger partial charge >= 0.3 is 0 Å². The Morgan fingerprint density at radius 1 is 1.03 bits per heavy atom. The van der Waals surface area contributed by atoms with Gasteiger partial charge in [0.05, 0.1) is 20.7 Å². The molecule has 32 heavy (non-hydrogen) atoms. The van der Waals surface area contributed by atoms with Crippen molar-refractivity contribution in [1.29, 1.82) is 0 Å². The van der Waals surface area contributed by atoms with Gasteiger partial charge in [0.25, 0.3) is 11.6 Å². The van der Waals surface area contributed by atoms with E-state index in [1.807, 2.05) is 24.3 Å². The van der Waals surface area contributed by atoms with E-state index in [2.05, 4.69) is 31.3 Å². The molecule has 4 rings (SSSR count). The van der Waals surface area contributed by atoms with Crippen LogP contribution in [0.1, 0.15) is 10.6 Å². The fourth-order valence-corrected chi connectivity index (χ4v) is 3.43. The fraction of sp³-hybridized carbons (Fsp3) is 0. The molecular weight excluding hydrogens is 521 g/mol. The zero-order valence-corrected chi connectivity index (χ0v) is 19.1. The monoisotopic (exact) mass is 531 g/mol. The van der Waals surface area contributed by atoms with Gasteiger partial charge in [-0.25, -0.2) is 9.67 Å². The van der Waals surface area contributed by atoms with E-state index in [4.69, 9.17) is 23.2 Å². The van der Waals surface area contributed by atoms with Gasteiger partial charge in [-0.15, -0.1) is 5.10 Å². The molecule has 1 amide bonds. The van der Waals surface area contributed by atoms with E-state index < -0.39 is 10.8 Å². The van der Waals surface area contributed by atoms with E-state index in [0.29, 0.717) is 27.1 Å². The van der Waals surface area contributed by atoms with Crippen LogP contribution >= 0.6 is 39.1 Å². The van der Waals surface area contributed by atoms with Gasteiger partial charge in [-0.3, -0.25) is 14.9 Å². The number of nitrogens with one attached hydrogen (secondary N) is 1. The predicted octanol–water partition coefficient (Wildman–Crippen LogP) is 6.16. The summed E-state index contributed by atoms with van der Waals surface area (Å²) in [4.78, 5) is 27.7. The summed E-state index contributed by atoms with van der Waals surface area (Å²) in [5.41, 5.74) is 1.37. The lowest BCUT2D eigenvalue weighted by Crippen LogP contribution is -2.14. The molecule has 0 atom stereocenters. The highest BCUT2D eigenvalue weighted by Gasteiger charge is 2.20. The van der Waals surface area contributed by atoms with Crippen molar-refractivity contribution in [2.45, 2.75) is 0 Å². The first-order valence-electron chi connectivity index (χ1n) is 9.06. The zero-order valence-electron chi connectivity index (χ0n) is 16.0. The summed E-state index contributed by atoms with van der Waals surface area (Å²) < 4.78 is 2.36. The third-order valence-corrected chi connectivity index (χ3v) is 5.64. The first kappa shape index (κ1) is 21.9. The van der Waals surface area contributed by atoms with E-state index in [-0.39, 0.29) is 17.2 Å². The summed E-state index contributed by atoms with van der Waals surface area (Å²) >= 11 is 15.6. The lowest BCUT2D eigenvalue weighted by molar-refractivity contribution is -0.384. The summed E-state index contributed by atoms with van der Waals surface area (Å²) in [6.45, 7) is 0. The molecule has 0 spiro atoms. The molecule has 4 aromatic rings. The summed E-state index contributed by atoms with van der Waals surface area (Å²) in [7, 11) is 0. The molecule has 3 aromatic carbocycles. The molecule has 1 aromatic heterocycles. The number of nitrogens with zero attached hydrogens (tertiary/aromatic N) is 4. The SMILES string of the molecule is O=C(Nc1cccc([N+](=O)[O-])c1)c1nc(-c2ccc(Br)cc2)n(-c2ccc(Cl)c(Cl)c2)n1. The van der Waals surface area contributed by atoms with Crippen LogP contribution in [0, 0.1) is 10.1 Å². The Morgan fingerprint density at radius 2 is 1.78 bits per heavy atom. The molecule has 1 heterocycles. The molecule has 0 unspecified atom stereocenters. The Balaban J connectivity index is 1.75. The van der Waals surface area contributed by atoms with Crippen molar-refractivity contribution < 1.29 is 9.72 Å². The van der Waals surface area contributed by atoms with Gasteiger partial charge in [0.1, 0.15) is 0 Å². The molecule has 0 aliphatic heterocycles. The number of anilines is 1. The smallest absolute Gasteiger partial charge is 0.295 e. The molecule has 11 heteroatoms. The number of carbonyl (C=O) groups excluding carboxylic acids is 1. The minimum absolute atomic E-state index is 0.125. The van der Waals surface area contributed by atoms with Crippen LogP contribution in [0.15, 0.2) is 71.2 Å². The van der Waals surface area contributed by atoms with Gasteiger partial charge < -0.3 is 5.32 Å². The summed E-state index contributed by atoms with van der Waals surface area (Å²) in [6.07, 6.45) is 0. The van der Waals surface area contributed by atoms with Crippen LogP contribution in [0.2, 0.25) is 10.0 Å². The fourth-order valence-electron chi connectivity index (χ4n) is 2.88. The van der Waals surface area contributed by atoms with Crippen LogP contribution in [-0.4, -0.2) is 25.6 Å². The number of nitro groups is 1. The molecular formula is C21H12BrCl2N5O3. The quantitative estimate of drug-likeness (QED) is 0.245. The molecule has 0 saturated carbocycles. The summed E-state index contributed by atoms with van der Waals surface area (Å²) in [6, 6.07) is 17.9. The number of halogens is 3. The molecule has 160 valence electrons. The number of hydrogen-bond acceptors (Lipinski definition) is 5. The first-order chi connectivity index (χ1) is 15.3. The largest absolute Gasteiger partial charge is 0.319 e. The molecule has 8 nitrogen and oxygen atoms in total. The highest BCUT2D eigenvalue weighted by Crippen LogP contribution is 2.28. The number of non-ortho nitro benzene ring substituents is 1. The van der Waals surface area contributed by atoms with Gasteiger partial charge in [-0.2, -0.15) is 0 Å². The number of amides is 1. The van der Waals surface area contributed by atoms with Crippen molar-refractivity contribution in [2.75, 3.05) is 5.32 Å². The minimum atomic E-state index is -0.623. The molecule has 0 aliphatic rings. The summed E-state index contributed by atoms with van der Waals surface area (Å²) in [5, 5.41) is 18.6. The topological polar surface area (TPSA) is 103 Å². The Kier molecular flexibility index (Phi) is 6.22. The first-order valence-corrected chi connectivity index (χ1v) is 10.6. The molecule has 0 radical (unpaired) electrons. The average molecular weight is 533 g/mol. The third-order valence-electron chi connectivity index (χ3n) is 4.38. The Labute approximate surface area is 200 Å². The standard InChI is InChI=1S/C21H12BrCl2N5O3/c22-13-6-4-12(5-7-13)20-26-19(27-28(20)15-8-9-17(23)18(24)11-15)21(30)25-14-2-1-3-16(10-14)29(31)32/h1-11H,(H,25,30). The summed E-state index contributed by atoms with van der Waals surface area (Å²) in [5.74, 6) is -0.344. The van der Waals surface area contributed by atoms with Crippen molar-refractivity contribution in [3.05, 3.63) is 97.2 Å². The van der Waals surface area contributed by atoms with E-state index in [1.165, 1.54) is 28.9 Å². The molecule has 1 N–H and O–H groups in total. The molecule has 0 saturated heterocycles. The second-order valence-electron chi connectivity index (χ2n) is 6.54. The lowest BCUT2D eigenvalue weighted by Gasteiger charge is -2.07.